The number of fused-ring (bicyclic) bond motifs is 1. The maximum Gasteiger partial charge on any atom is 0.249 e. The van der Waals surface area contributed by atoms with E-state index in [4.69, 9.17) is 9.47 Å². The van der Waals surface area contributed by atoms with Crippen LogP contribution in [0.5, 0.6) is 5.75 Å². The van der Waals surface area contributed by atoms with Gasteiger partial charge in [-0.1, -0.05) is 13.3 Å². The van der Waals surface area contributed by atoms with E-state index in [0.29, 0.717) is 34.9 Å². The first kappa shape index (κ1) is 25.7. The van der Waals surface area contributed by atoms with Gasteiger partial charge >= 0.3 is 0 Å². The van der Waals surface area contributed by atoms with Crippen LogP contribution in [0.4, 0.5) is 0 Å². The van der Waals surface area contributed by atoms with Gasteiger partial charge in [-0.15, -0.1) is 0 Å². The smallest absolute Gasteiger partial charge is 0.249 e. The highest BCUT2D eigenvalue weighted by Crippen LogP contribution is 2.32. The van der Waals surface area contributed by atoms with E-state index in [1.165, 1.54) is 0 Å². The van der Waals surface area contributed by atoms with Gasteiger partial charge < -0.3 is 18.9 Å². The summed E-state index contributed by atoms with van der Waals surface area (Å²) >= 11 is 0. The molecule has 35 heavy (non-hydrogen) atoms. The van der Waals surface area contributed by atoms with Crippen molar-refractivity contribution in [1.29, 1.82) is 0 Å². The highest BCUT2D eigenvalue weighted by atomic mass is 32.2. The van der Waals surface area contributed by atoms with E-state index in [1.807, 2.05) is 11.0 Å². The molecule has 1 fully saturated rings. The van der Waals surface area contributed by atoms with Gasteiger partial charge in [-0.2, -0.15) is 4.31 Å². The Morgan fingerprint density at radius 2 is 1.86 bits per heavy atom. The number of aromatic nitrogens is 1. The molecule has 9 heteroatoms. The minimum absolute atomic E-state index is 0.0395. The minimum atomic E-state index is -3.71. The third kappa shape index (κ3) is 5.13. The largest absolute Gasteiger partial charge is 0.497 e. The molecule has 2 atom stereocenters. The Balaban J connectivity index is 1.43. The number of hydrogen-bond acceptors (Lipinski definition) is 5. The summed E-state index contributed by atoms with van der Waals surface area (Å²) in [7, 11) is -2.13. The highest BCUT2D eigenvalue weighted by Gasteiger charge is 2.36. The van der Waals surface area contributed by atoms with Gasteiger partial charge in [0, 0.05) is 37.6 Å². The number of aryl methyl sites for hydroxylation is 2. The Morgan fingerprint density at radius 3 is 2.54 bits per heavy atom. The number of carbonyl (C=O) groups is 1. The molecule has 2 aliphatic heterocycles. The molecule has 1 aromatic heterocycles. The fourth-order valence-electron chi connectivity index (χ4n) is 5.57. The summed E-state index contributed by atoms with van der Waals surface area (Å²) < 4.78 is 42.4. The van der Waals surface area contributed by atoms with E-state index in [2.05, 4.69) is 23.8 Å². The summed E-state index contributed by atoms with van der Waals surface area (Å²) in [4.78, 5) is 15.3. The van der Waals surface area contributed by atoms with Crippen molar-refractivity contribution in [2.45, 2.75) is 70.0 Å². The van der Waals surface area contributed by atoms with Crippen molar-refractivity contribution in [2.24, 2.45) is 0 Å². The summed E-state index contributed by atoms with van der Waals surface area (Å²) in [5, 5.41) is 0. The molecule has 1 aromatic carbocycles. The quantitative estimate of drug-likeness (QED) is 0.549. The second kappa shape index (κ2) is 10.7. The number of rotatable bonds is 8. The molecule has 2 aromatic rings. The predicted octanol–water partition coefficient (Wildman–Crippen LogP) is 3.67. The lowest BCUT2D eigenvalue weighted by molar-refractivity contribution is -0.140. The summed E-state index contributed by atoms with van der Waals surface area (Å²) in [6.07, 6.45) is 5.37. The van der Waals surface area contributed by atoms with Gasteiger partial charge in [-0.3, -0.25) is 4.79 Å². The van der Waals surface area contributed by atoms with Crippen LogP contribution >= 0.6 is 0 Å². The van der Waals surface area contributed by atoms with Crippen LogP contribution in [0, 0.1) is 13.8 Å². The van der Waals surface area contributed by atoms with Crippen molar-refractivity contribution in [1.82, 2.24) is 13.8 Å². The van der Waals surface area contributed by atoms with E-state index in [-0.39, 0.29) is 31.2 Å². The van der Waals surface area contributed by atoms with Crippen molar-refractivity contribution in [2.75, 3.05) is 33.4 Å². The molecule has 0 spiro atoms. The van der Waals surface area contributed by atoms with Gasteiger partial charge in [0.25, 0.3) is 0 Å². The molecule has 0 saturated carbocycles. The Hall–Kier alpha value is -2.36. The fraction of sp³-hybridized carbons (Fsp3) is 0.577. The molecule has 192 valence electrons. The van der Waals surface area contributed by atoms with Crippen LogP contribution in [0.2, 0.25) is 0 Å². The molecule has 0 bridgehead atoms. The van der Waals surface area contributed by atoms with E-state index < -0.39 is 10.0 Å². The molecule has 0 radical (unpaired) electrons. The average molecular weight is 504 g/mol. The van der Waals surface area contributed by atoms with Crippen LogP contribution in [0.3, 0.4) is 0 Å². The first-order valence-electron chi connectivity index (χ1n) is 12.5. The maximum absolute atomic E-state index is 13.7. The standard InChI is InChI=1S/C26H37N3O5S/c1-5-23-24-10-8-11-27(24)13-14-28(23)25(30)18-34-17-21-9-6-7-12-29(21)35(31,32)26-19(2)15-22(33-4)16-20(26)3/h8,10-11,15-16,21,23H,5-7,9,12-14,17-18H2,1-4H3/t21-,23?/m0/s1. The SMILES string of the molecule is CCC1c2cccn2CCN1C(=O)COC[C@@H]1CCCCN1S(=O)(=O)c1c(C)cc(OC)cc1C. The lowest BCUT2D eigenvalue weighted by Crippen LogP contribution is -2.47. The molecular formula is C26H37N3O5S. The van der Waals surface area contributed by atoms with Gasteiger partial charge in [0.15, 0.2) is 0 Å². The molecule has 1 unspecified atom stereocenters. The Bertz CT molecular complexity index is 1140. The second-order valence-electron chi connectivity index (χ2n) is 9.51. The molecule has 2 aliphatic rings. The Morgan fingerprint density at radius 1 is 1.11 bits per heavy atom. The molecule has 3 heterocycles. The molecule has 0 aliphatic carbocycles. The van der Waals surface area contributed by atoms with E-state index in [9.17, 15) is 13.2 Å². The van der Waals surface area contributed by atoms with Gasteiger partial charge in [-0.05, 0) is 68.5 Å². The van der Waals surface area contributed by atoms with E-state index in [0.717, 1.165) is 37.9 Å². The number of piperidine rings is 1. The van der Waals surface area contributed by atoms with Crippen molar-refractivity contribution < 1.29 is 22.7 Å². The number of sulfonamides is 1. The van der Waals surface area contributed by atoms with Crippen LogP contribution in [-0.2, 0) is 26.1 Å². The molecule has 4 rings (SSSR count). The number of carbonyl (C=O) groups excluding carboxylic acids is 1. The first-order chi connectivity index (χ1) is 16.8. The normalized spacial score (nSPS) is 21.1. The Kier molecular flexibility index (Phi) is 7.88. The van der Waals surface area contributed by atoms with Crippen molar-refractivity contribution >= 4 is 15.9 Å². The zero-order valence-corrected chi connectivity index (χ0v) is 22.0. The maximum atomic E-state index is 13.7. The number of hydrogen-bond donors (Lipinski definition) is 0. The van der Waals surface area contributed by atoms with Gasteiger partial charge in [-0.25, -0.2) is 8.42 Å². The van der Waals surface area contributed by atoms with E-state index in [1.54, 1.807) is 37.4 Å². The number of methoxy groups -OCH3 is 1. The molecule has 1 saturated heterocycles. The highest BCUT2D eigenvalue weighted by molar-refractivity contribution is 7.89. The van der Waals surface area contributed by atoms with Crippen LogP contribution in [-0.4, -0.2) is 67.6 Å². The number of amides is 1. The average Bonchev–Trinajstić information content (AvgIpc) is 3.32. The number of nitrogens with zero attached hydrogens (tertiary/aromatic N) is 3. The van der Waals surface area contributed by atoms with Crippen LogP contribution in [0.1, 0.15) is 55.5 Å². The molecular weight excluding hydrogens is 466 g/mol. The van der Waals surface area contributed by atoms with Crippen LogP contribution in [0.15, 0.2) is 35.4 Å². The van der Waals surface area contributed by atoms with Gasteiger partial charge in [0.2, 0.25) is 15.9 Å². The van der Waals surface area contributed by atoms with Crippen molar-refractivity contribution in [3.8, 4) is 5.75 Å². The summed E-state index contributed by atoms with van der Waals surface area (Å²) in [5.41, 5.74) is 2.49. The third-order valence-electron chi connectivity index (χ3n) is 7.22. The summed E-state index contributed by atoms with van der Waals surface area (Å²) in [6, 6.07) is 7.36. The second-order valence-corrected chi connectivity index (χ2v) is 11.3. The van der Waals surface area contributed by atoms with Gasteiger partial charge in [0.1, 0.15) is 12.4 Å². The van der Waals surface area contributed by atoms with Crippen LogP contribution in [0.25, 0.3) is 0 Å². The molecule has 8 nitrogen and oxygen atoms in total. The van der Waals surface area contributed by atoms with Gasteiger partial charge in [0.05, 0.1) is 24.7 Å². The molecule has 0 N–H and O–H groups in total. The summed E-state index contributed by atoms with van der Waals surface area (Å²) in [5.74, 6) is 0.600. The zero-order valence-electron chi connectivity index (χ0n) is 21.2. The van der Waals surface area contributed by atoms with Crippen molar-refractivity contribution in [3.05, 3.63) is 47.3 Å². The predicted molar refractivity (Wildman–Crippen MR) is 134 cm³/mol. The Labute approximate surface area is 208 Å². The third-order valence-corrected chi connectivity index (χ3v) is 9.47. The monoisotopic (exact) mass is 503 g/mol. The fourth-order valence-corrected chi connectivity index (χ4v) is 7.66. The number of ether oxygens (including phenoxy) is 2. The van der Waals surface area contributed by atoms with Crippen molar-refractivity contribution in [3.63, 3.8) is 0 Å². The lowest BCUT2D eigenvalue weighted by Gasteiger charge is -2.37. The van der Waals surface area contributed by atoms with Crippen LogP contribution < -0.4 is 4.74 Å². The molecule has 1 amide bonds. The minimum Gasteiger partial charge on any atom is -0.497 e. The zero-order chi connectivity index (χ0) is 25.2. The summed E-state index contributed by atoms with van der Waals surface area (Å²) in [6.45, 7) is 7.74. The lowest BCUT2D eigenvalue weighted by atomic mass is 10.1. The topological polar surface area (TPSA) is 81.1 Å². The number of benzene rings is 1. The van der Waals surface area contributed by atoms with E-state index >= 15 is 0 Å². The first-order valence-corrected chi connectivity index (χ1v) is 13.9.